The summed E-state index contributed by atoms with van der Waals surface area (Å²) in [6.07, 6.45) is 6.47. The Hall–Kier alpha value is -0.410. The number of ketones is 1. The van der Waals surface area contributed by atoms with Gasteiger partial charge in [0.05, 0.1) is 0 Å². The molecule has 0 aromatic carbocycles. The van der Waals surface area contributed by atoms with E-state index < -0.39 is 0 Å². The molecule has 0 amide bonds. The van der Waals surface area contributed by atoms with Crippen molar-refractivity contribution in [1.82, 2.24) is 0 Å². The quantitative estimate of drug-likeness (QED) is 0.805. The average molecular weight is 268 g/mol. The van der Waals surface area contributed by atoms with Crippen molar-refractivity contribution >= 4 is 5.78 Å². The molecule has 110 valence electrons. The lowest BCUT2D eigenvalue weighted by atomic mass is 9.60. The van der Waals surface area contributed by atoms with Gasteiger partial charge in [0.2, 0.25) is 0 Å². The maximum Gasteiger partial charge on any atom is 0.161 e. The Morgan fingerprint density at radius 3 is 2.63 bits per heavy atom. The molecule has 0 bridgehead atoms. The Bertz CT molecular complexity index is 324. The Morgan fingerprint density at radius 1 is 1.32 bits per heavy atom. The maximum absolute atomic E-state index is 11.9. The molecule has 5 atom stereocenters. The Labute approximate surface area is 116 Å². The number of carbonyl (C=O) groups is 1. The van der Waals surface area contributed by atoms with E-state index in [4.69, 9.17) is 5.11 Å². The molecule has 3 heteroatoms. The van der Waals surface area contributed by atoms with Gasteiger partial charge in [-0.05, 0) is 55.3 Å². The van der Waals surface area contributed by atoms with E-state index in [0.29, 0.717) is 24.4 Å². The molecule has 2 N–H and O–H groups in total. The van der Waals surface area contributed by atoms with Crippen molar-refractivity contribution < 1.29 is 15.0 Å². The number of Topliss-reactive ketones (excluding diaryl/α,β-unsaturated/α-hetero) is 1. The molecule has 0 saturated heterocycles. The molecular formula is C16H28O3. The number of rotatable bonds is 5. The van der Waals surface area contributed by atoms with Gasteiger partial charge in [-0.2, -0.15) is 0 Å². The largest absolute Gasteiger partial charge is 0.396 e. The van der Waals surface area contributed by atoms with Gasteiger partial charge in [0.15, 0.2) is 5.78 Å². The minimum Gasteiger partial charge on any atom is -0.396 e. The van der Waals surface area contributed by atoms with E-state index in [0.717, 1.165) is 38.5 Å². The van der Waals surface area contributed by atoms with Crippen LogP contribution in [0.3, 0.4) is 0 Å². The molecule has 0 aromatic rings. The van der Waals surface area contributed by atoms with Gasteiger partial charge in [0, 0.05) is 12.5 Å². The summed E-state index contributed by atoms with van der Waals surface area (Å²) in [4.78, 5) is 11.9. The fraction of sp³-hybridized carbons (Fsp3) is 0.938. The molecule has 2 fully saturated rings. The van der Waals surface area contributed by atoms with E-state index in [1.807, 2.05) is 0 Å². The smallest absolute Gasteiger partial charge is 0.161 e. The SMILES string of the molecule is CCC(CO)C1CCC2(C)C(CCC2C(=O)CO)C1. The second kappa shape index (κ2) is 5.92. The summed E-state index contributed by atoms with van der Waals surface area (Å²) in [5.74, 6) is 1.76. The van der Waals surface area contributed by atoms with E-state index in [-0.39, 0.29) is 23.7 Å². The van der Waals surface area contributed by atoms with Crippen molar-refractivity contribution in [3.8, 4) is 0 Å². The fourth-order valence-electron chi connectivity index (χ4n) is 4.74. The first-order valence-electron chi connectivity index (χ1n) is 7.81. The second-order valence-corrected chi connectivity index (χ2v) is 6.84. The van der Waals surface area contributed by atoms with Crippen molar-refractivity contribution in [2.75, 3.05) is 13.2 Å². The van der Waals surface area contributed by atoms with Gasteiger partial charge >= 0.3 is 0 Å². The van der Waals surface area contributed by atoms with E-state index in [1.165, 1.54) is 0 Å². The lowest BCUT2D eigenvalue weighted by Crippen LogP contribution is -2.40. The first-order valence-corrected chi connectivity index (χ1v) is 7.81. The number of hydrogen-bond donors (Lipinski definition) is 2. The van der Waals surface area contributed by atoms with Crippen LogP contribution in [0.1, 0.15) is 52.4 Å². The van der Waals surface area contributed by atoms with Crippen LogP contribution < -0.4 is 0 Å². The Kier molecular flexibility index (Phi) is 4.67. The Balaban J connectivity index is 2.07. The van der Waals surface area contributed by atoms with Gasteiger partial charge in [-0.15, -0.1) is 0 Å². The molecule has 19 heavy (non-hydrogen) atoms. The molecule has 0 radical (unpaired) electrons. The molecule has 2 rings (SSSR count). The molecule has 2 aliphatic carbocycles. The lowest BCUT2D eigenvalue weighted by Gasteiger charge is -2.45. The third-order valence-electron chi connectivity index (χ3n) is 6.14. The van der Waals surface area contributed by atoms with Gasteiger partial charge in [-0.25, -0.2) is 0 Å². The van der Waals surface area contributed by atoms with Gasteiger partial charge < -0.3 is 10.2 Å². The summed E-state index contributed by atoms with van der Waals surface area (Å²) in [7, 11) is 0. The summed E-state index contributed by atoms with van der Waals surface area (Å²) in [5, 5.41) is 18.6. The molecule has 5 unspecified atom stereocenters. The van der Waals surface area contributed by atoms with Crippen molar-refractivity contribution in [2.45, 2.75) is 52.4 Å². The highest BCUT2D eigenvalue weighted by Crippen LogP contribution is 2.57. The number of hydrogen-bond acceptors (Lipinski definition) is 3. The van der Waals surface area contributed by atoms with Crippen LogP contribution in [0.5, 0.6) is 0 Å². The highest BCUT2D eigenvalue weighted by atomic mass is 16.3. The minimum absolute atomic E-state index is 0.0395. The van der Waals surface area contributed by atoms with Gasteiger partial charge in [-0.1, -0.05) is 20.3 Å². The summed E-state index contributed by atoms with van der Waals surface area (Å²) in [5.41, 5.74) is 0.101. The summed E-state index contributed by atoms with van der Waals surface area (Å²) >= 11 is 0. The third-order valence-corrected chi connectivity index (χ3v) is 6.14. The lowest BCUT2D eigenvalue weighted by molar-refractivity contribution is -0.130. The highest BCUT2D eigenvalue weighted by molar-refractivity contribution is 5.83. The van der Waals surface area contributed by atoms with E-state index in [2.05, 4.69) is 13.8 Å². The zero-order chi connectivity index (χ0) is 14.0. The summed E-state index contributed by atoms with van der Waals surface area (Å²) < 4.78 is 0. The van der Waals surface area contributed by atoms with E-state index >= 15 is 0 Å². The van der Waals surface area contributed by atoms with Gasteiger partial charge in [0.1, 0.15) is 6.61 Å². The van der Waals surface area contributed by atoms with Crippen molar-refractivity contribution in [3.63, 3.8) is 0 Å². The molecule has 0 spiro atoms. The van der Waals surface area contributed by atoms with E-state index in [9.17, 15) is 9.90 Å². The standard InChI is InChI=1S/C16H28O3/c1-3-11(9-17)12-6-7-16(2)13(8-12)4-5-14(16)15(19)10-18/h11-14,17-18H,3-10H2,1-2H3. The van der Waals surface area contributed by atoms with Crippen molar-refractivity contribution in [3.05, 3.63) is 0 Å². The number of aliphatic hydroxyl groups is 2. The molecular weight excluding hydrogens is 240 g/mol. The molecule has 3 nitrogen and oxygen atoms in total. The molecule has 2 saturated carbocycles. The second-order valence-electron chi connectivity index (χ2n) is 6.84. The molecule has 2 aliphatic rings. The van der Waals surface area contributed by atoms with E-state index in [1.54, 1.807) is 0 Å². The normalized spacial score (nSPS) is 39.9. The van der Waals surface area contributed by atoms with Crippen molar-refractivity contribution in [1.29, 1.82) is 0 Å². The molecule has 0 heterocycles. The van der Waals surface area contributed by atoms with Crippen LogP contribution in [0.4, 0.5) is 0 Å². The summed E-state index contributed by atoms with van der Waals surface area (Å²) in [6.45, 7) is 4.40. The number of fused-ring (bicyclic) bond motifs is 1. The number of carbonyl (C=O) groups excluding carboxylic acids is 1. The topological polar surface area (TPSA) is 57.5 Å². The molecule has 0 aromatic heterocycles. The van der Waals surface area contributed by atoms with Crippen LogP contribution in [0, 0.1) is 29.1 Å². The van der Waals surface area contributed by atoms with Crippen LogP contribution >= 0.6 is 0 Å². The van der Waals surface area contributed by atoms with Crippen LogP contribution in [0.25, 0.3) is 0 Å². The monoisotopic (exact) mass is 268 g/mol. The minimum atomic E-state index is -0.301. The van der Waals surface area contributed by atoms with Gasteiger partial charge in [0.25, 0.3) is 0 Å². The van der Waals surface area contributed by atoms with Crippen LogP contribution in [-0.2, 0) is 4.79 Å². The first kappa shape index (κ1) is 15.0. The third kappa shape index (κ3) is 2.59. The summed E-state index contributed by atoms with van der Waals surface area (Å²) in [6, 6.07) is 0. The predicted molar refractivity (Wildman–Crippen MR) is 74.6 cm³/mol. The zero-order valence-electron chi connectivity index (χ0n) is 12.3. The van der Waals surface area contributed by atoms with Crippen LogP contribution in [0.2, 0.25) is 0 Å². The van der Waals surface area contributed by atoms with Crippen LogP contribution in [-0.4, -0.2) is 29.2 Å². The number of aliphatic hydroxyl groups excluding tert-OH is 2. The van der Waals surface area contributed by atoms with Crippen molar-refractivity contribution in [2.24, 2.45) is 29.1 Å². The van der Waals surface area contributed by atoms with Gasteiger partial charge in [-0.3, -0.25) is 4.79 Å². The van der Waals surface area contributed by atoms with Crippen LogP contribution in [0.15, 0.2) is 0 Å². The Morgan fingerprint density at radius 2 is 2.05 bits per heavy atom. The first-order chi connectivity index (χ1) is 9.06. The maximum atomic E-state index is 11.9. The molecule has 0 aliphatic heterocycles. The fourth-order valence-corrected chi connectivity index (χ4v) is 4.74. The predicted octanol–water partition coefficient (Wildman–Crippen LogP) is 2.40. The zero-order valence-corrected chi connectivity index (χ0v) is 12.3. The average Bonchev–Trinajstić information content (AvgIpc) is 2.76. The highest BCUT2D eigenvalue weighted by Gasteiger charge is 2.52.